The Bertz CT molecular complexity index is 635. The molecule has 112 valence electrons. The van der Waals surface area contributed by atoms with Crippen LogP contribution < -0.4 is 16.0 Å². The number of fused-ring (bicyclic) bond motifs is 1. The molecule has 3 rings (SSSR count). The molecule has 3 N–H and O–H groups in total. The first-order valence-corrected chi connectivity index (χ1v) is 7.44. The first-order valence-electron chi connectivity index (χ1n) is 7.44. The quantitative estimate of drug-likeness (QED) is 0.648. The van der Waals surface area contributed by atoms with Crippen LogP contribution in [0, 0.1) is 0 Å². The van der Waals surface area contributed by atoms with Crippen LogP contribution in [0.1, 0.15) is 35.5 Å². The predicted molar refractivity (Wildman–Crippen MR) is 82.0 cm³/mol. The SMILES string of the molecule is CCc1cc(CC(NN)c2ccc3c(c2)CCO3)n(C)n1. The van der Waals surface area contributed by atoms with E-state index in [1.807, 2.05) is 17.8 Å². The second-order valence-corrected chi connectivity index (χ2v) is 5.49. The minimum atomic E-state index is 0.0796. The van der Waals surface area contributed by atoms with E-state index < -0.39 is 0 Å². The van der Waals surface area contributed by atoms with Crippen molar-refractivity contribution >= 4 is 0 Å². The third-order valence-corrected chi connectivity index (χ3v) is 4.12. The number of nitrogens with zero attached hydrogens (tertiary/aromatic N) is 2. The maximum Gasteiger partial charge on any atom is 0.122 e. The Labute approximate surface area is 125 Å². The van der Waals surface area contributed by atoms with Gasteiger partial charge in [-0.15, -0.1) is 0 Å². The van der Waals surface area contributed by atoms with Gasteiger partial charge >= 0.3 is 0 Å². The Hall–Kier alpha value is -1.85. The van der Waals surface area contributed by atoms with Gasteiger partial charge in [-0.2, -0.15) is 5.10 Å². The molecule has 1 atom stereocenters. The van der Waals surface area contributed by atoms with Gasteiger partial charge in [0.05, 0.1) is 18.3 Å². The van der Waals surface area contributed by atoms with E-state index in [1.54, 1.807) is 0 Å². The van der Waals surface area contributed by atoms with Gasteiger partial charge in [0.2, 0.25) is 0 Å². The normalized spacial score (nSPS) is 14.8. The molecular weight excluding hydrogens is 264 g/mol. The molecule has 2 aromatic rings. The van der Waals surface area contributed by atoms with Gasteiger partial charge < -0.3 is 4.74 Å². The van der Waals surface area contributed by atoms with E-state index in [2.05, 4.69) is 35.6 Å². The second-order valence-electron chi connectivity index (χ2n) is 5.49. The number of nitrogens with two attached hydrogens (primary N) is 1. The maximum absolute atomic E-state index is 5.78. The van der Waals surface area contributed by atoms with Crippen LogP contribution in [0.15, 0.2) is 24.3 Å². The van der Waals surface area contributed by atoms with Gasteiger partial charge in [0, 0.05) is 25.6 Å². The van der Waals surface area contributed by atoms with Gasteiger partial charge in [-0.05, 0) is 29.7 Å². The zero-order chi connectivity index (χ0) is 14.8. The highest BCUT2D eigenvalue weighted by molar-refractivity contribution is 5.41. The number of hydrazine groups is 1. The molecule has 1 aromatic carbocycles. The van der Waals surface area contributed by atoms with Gasteiger partial charge in [-0.25, -0.2) is 0 Å². The lowest BCUT2D eigenvalue weighted by atomic mass is 9.99. The van der Waals surface area contributed by atoms with Crippen LogP contribution in [0.25, 0.3) is 0 Å². The molecular formula is C16H22N4O. The minimum absolute atomic E-state index is 0.0796. The van der Waals surface area contributed by atoms with Crippen molar-refractivity contribution in [3.05, 3.63) is 46.8 Å². The lowest BCUT2D eigenvalue weighted by molar-refractivity contribution is 0.356. The van der Waals surface area contributed by atoms with E-state index in [4.69, 9.17) is 10.6 Å². The third kappa shape index (κ3) is 2.80. The van der Waals surface area contributed by atoms with Crippen LogP contribution in [0.3, 0.4) is 0 Å². The highest BCUT2D eigenvalue weighted by Gasteiger charge is 2.18. The summed E-state index contributed by atoms with van der Waals surface area (Å²) in [4.78, 5) is 0. The predicted octanol–water partition coefficient (Wildman–Crippen LogP) is 1.66. The van der Waals surface area contributed by atoms with Crippen molar-refractivity contribution in [2.45, 2.75) is 32.2 Å². The summed E-state index contributed by atoms with van der Waals surface area (Å²) in [5, 5.41) is 4.50. The number of aryl methyl sites for hydroxylation is 2. The topological polar surface area (TPSA) is 65.1 Å². The minimum Gasteiger partial charge on any atom is -0.493 e. The van der Waals surface area contributed by atoms with Crippen molar-refractivity contribution in [2.75, 3.05) is 6.61 Å². The lowest BCUT2D eigenvalue weighted by Crippen LogP contribution is -2.30. The molecule has 0 fully saturated rings. The van der Waals surface area contributed by atoms with E-state index in [0.29, 0.717) is 0 Å². The van der Waals surface area contributed by atoms with E-state index >= 15 is 0 Å². The van der Waals surface area contributed by atoms with E-state index in [9.17, 15) is 0 Å². The molecule has 0 amide bonds. The average molecular weight is 286 g/mol. The highest BCUT2D eigenvalue weighted by atomic mass is 16.5. The van der Waals surface area contributed by atoms with E-state index in [0.717, 1.165) is 37.3 Å². The molecule has 0 aliphatic carbocycles. The number of hydrogen-bond donors (Lipinski definition) is 2. The summed E-state index contributed by atoms with van der Waals surface area (Å²) in [5.74, 6) is 6.78. The molecule has 1 aromatic heterocycles. The Morgan fingerprint density at radius 3 is 3.00 bits per heavy atom. The fourth-order valence-electron chi connectivity index (χ4n) is 2.84. The highest BCUT2D eigenvalue weighted by Crippen LogP contribution is 2.29. The lowest BCUT2D eigenvalue weighted by Gasteiger charge is -2.17. The molecule has 0 radical (unpaired) electrons. The van der Waals surface area contributed by atoms with Crippen LogP contribution in [0.5, 0.6) is 5.75 Å². The molecule has 0 spiro atoms. The standard InChI is InChI=1S/C16H22N4O/c1-3-13-9-14(20(2)19-13)10-15(18-17)11-4-5-16-12(8-11)6-7-21-16/h4-5,8-9,15,18H,3,6-7,10,17H2,1-2H3. The van der Waals surface area contributed by atoms with Crippen molar-refractivity contribution in [1.29, 1.82) is 0 Å². The fourth-order valence-corrected chi connectivity index (χ4v) is 2.84. The van der Waals surface area contributed by atoms with Crippen LogP contribution in [0.4, 0.5) is 0 Å². The van der Waals surface area contributed by atoms with Crippen LogP contribution >= 0.6 is 0 Å². The zero-order valence-corrected chi connectivity index (χ0v) is 12.6. The summed E-state index contributed by atoms with van der Waals surface area (Å²) in [6.07, 6.45) is 2.75. The van der Waals surface area contributed by atoms with Crippen LogP contribution in [-0.4, -0.2) is 16.4 Å². The third-order valence-electron chi connectivity index (χ3n) is 4.12. The van der Waals surface area contributed by atoms with Crippen LogP contribution in [0.2, 0.25) is 0 Å². The number of nitrogens with one attached hydrogen (secondary N) is 1. The zero-order valence-electron chi connectivity index (χ0n) is 12.6. The second kappa shape index (κ2) is 5.87. The van der Waals surface area contributed by atoms with Crippen LogP contribution in [-0.2, 0) is 26.3 Å². The van der Waals surface area contributed by atoms with Gasteiger partial charge in [0.1, 0.15) is 5.75 Å². The largest absolute Gasteiger partial charge is 0.493 e. The van der Waals surface area contributed by atoms with Crippen molar-refractivity contribution in [1.82, 2.24) is 15.2 Å². The molecule has 0 saturated carbocycles. The number of benzene rings is 1. The van der Waals surface area contributed by atoms with E-state index in [1.165, 1.54) is 16.8 Å². The Morgan fingerprint density at radius 1 is 1.43 bits per heavy atom. The van der Waals surface area contributed by atoms with Crippen molar-refractivity contribution in [2.24, 2.45) is 12.9 Å². The maximum atomic E-state index is 5.78. The summed E-state index contributed by atoms with van der Waals surface area (Å²) in [7, 11) is 1.98. The molecule has 1 aliphatic heterocycles. The monoisotopic (exact) mass is 286 g/mol. The molecule has 5 heteroatoms. The summed E-state index contributed by atoms with van der Waals surface area (Å²) >= 11 is 0. The van der Waals surface area contributed by atoms with Gasteiger partial charge in [0.25, 0.3) is 0 Å². The number of ether oxygens (including phenoxy) is 1. The van der Waals surface area contributed by atoms with Crippen molar-refractivity contribution in [3.8, 4) is 5.75 Å². The summed E-state index contributed by atoms with van der Waals surface area (Å²) < 4.78 is 7.50. The van der Waals surface area contributed by atoms with Gasteiger partial charge in [0.15, 0.2) is 0 Å². The Balaban J connectivity index is 1.83. The molecule has 1 aliphatic rings. The smallest absolute Gasteiger partial charge is 0.122 e. The summed E-state index contributed by atoms with van der Waals surface area (Å²) in [5.41, 5.74) is 7.70. The number of rotatable bonds is 5. The van der Waals surface area contributed by atoms with Crippen molar-refractivity contribution in [3.63, 3.8) is 0 Å². The molecule has 2 heterocycles. The van der Waals surface area contributed by atoms with Crippen molar-refractivity contribution < 1.29 is 4.74 Å². The van der Waals surface area contributed by atoms with E-state index in [-0.39, 0.29) is 6.04 Å². The Kier molecular flexibility index (Phi) is 3.94. The molecule has 1 unspecified atom stereocenters. The fraction of sp³-hybridized carbons (Fsp3) is 0.438. The number of hydrogen-bond acceptors (Lipinski definition) is 4. The average Bonchev–Trinajstić information content (AvgIpc) is 3.10. The number of aromatic nitrogens is 2. The summed E-state index contributed by atoms with van der Waals surface area (Å²) in [6.45, 7) is 2.90. The molecule has 0 bridgehead atoms. The molecule has 5 nitrogen and oxygen atoms in total. The molecule has 21 heavy (non-hydrogen) atoms. The van der Waals surface area contributed by atoms with Gasteiger partial charge in [-0.3, -0.25) is 16.0 Å². The first kappa shape index (κ1) is 14.1. The van der Waals surface area contributed by atoms with Gasteiger partial charge in [-0.1, -0.05) is 19.1 Å². The Morgan fingerprint density at radius 2 is 2.29 bits per heavy atom. The molecule has 0 saturated heterocycles. The first-order chi connectivity index (χ1) is 10.2. The summed E-state index contributed by atoms with van der Waals surface area (Å²) in [6, 6.07) is 8.57.